The molecule has 0 saturated carbocycles. The first-order valence-electron chi connectivity index (χ1n) is 9.68. The van der Waals surface area contributed by atoms with Crippen molar-refractivity contribution in [2.75, 3.05) is 13.6 Å². The maximum absolute atomic E-state index is 12.6. The Bertz CT molecular complexity index is 965. The van der Waals surface area contributed by atoms with Gasteiger partial charge in [-0.2, -0.15) is 0 Å². The van der Waals surface area contributed by atoms with E-state index in [2.05, 4.69) is 64.8 Å². The summed E-state index contributed by atoms with van der Waals surface area (Å²) in [6, 6.07) is 23.6. The number of likely N-dealkylation sites (N-methyl/N-ethyl adjacent to an activating group) is 1. The zero-order valence-corrected chi connectivity index (χ0v) is 16.0. The van der Waals surface area contributed by atoms with Crippen LogP contribution in [0.5, 0.6) is 0 Å². The lowest BCUT2D eigenvalue weighted by Crippen LogP contribution is -2.37. The van der Waals surface area contributed by atoms with Crippen molar-refractivity contribution in [1.29, 1.82) is 0 Å². The zero-order valence-electron chi connectivity index (χ0n) is 16.0. The number of nitrogens with zero attached hydrogens (tertiary/aromatic N) is 1. The summed E-state index contributed by atoms with van der Waals surface area (Å²) in [5, 5.41) is 5.58. The zero-order chi connectivity index (χ0) is 18.8. The molecule has 0 fully saturated rings. The van der Waals surface area contributed by atoms with E-state index in [1.54, 1.807) is 0 Å². The molecule has 4 rings (SSSR count). The van der Waals surface area contributed by atoms with E-state index in [-0.39, 0.29) is 11.9 Å². The quantitative estimate of drug-likeness (QED) is 0.721. The van der Waals surface area contributed by atoms with Crippen molar-refractivity contribution < 1.29 is 4.79 Å². The first-order chi connectivity index (χ1) is 13.1. The van der Waals surface area contributed by atoms with Crippen LogP contribution in [0, 0.1) is 0 Å². The van der Waals surface area contributed by atoms with Crippen LogP contribution >= 0.6 is 0 Å². The molecule has 0 radical (unpaired) electrons. The first-order valence-corrected chi connectivity index (χ1v) is 9.68. The van der Waals surface area contributed by atoms with Gasteiger partial charge in [-0.3, -0.25) is 9.69 Å². The van der Waals surface area contributed by atoms with Crippen molar-refractivity contribution in [3.05, 3.63) is 83.4 Å². The van der Waals surface area contributed by atoms with Crippen molar-refractivity contribution in [3.63, 3.8) is 0 Å². The molecule has 2 atom stereocenters. The standard InChI is InChI=1S/C24H26N2O/c1-17(20-12-11-18-7-3-4-9-21(18)15-20)25-24(27)16-26(2)23-14-13-19-8-5-6-10-22(19)23/h3-12,15,17,23H,13-14,16H2,1-2H3,(H,25,27)/t17-,23+/m0/s1. The van der Waals surface area contributed by atoms with E-state index in [9.17, 15) is 4.79 Å². The highest BCUT2D eigenvalue weighted by molar-refractivity contribution is 5.83. The third kappa shape index (κ3) is 3.74. The minimum atomic E-state index is -0.00799. The van der Waals surface area contributed by atoms with Crippen molar-refractivity contribution in [3.8, 4) is 0 Å². The third-order valence-electron chi connectivity index (χ3n) is 5.68. The monoisotopic (exact) mass is 358 g/mol. The lowest BCUT2D eigenvalue weighted by atomic mass is 10.0. The van der Waals surface area contributed by atoms with E-state index in [0.717, 1.165) is 18.4 Å². The number of carbonyl (C=O) groups excluding carboxylic acids is 1. The molecule has 0 saturated heterocycles. The molecule has 3 aromatic rings. The molecule has 0 unspecified atom stereocenters. The summed E-state index contributed by atoms with van der Waals surface area (Å²) < 4.78 is 0. The number of hydrogen-bond donors (Lipinski definition) is 1. The van der Waals surface area contributed by atoms with Crippen molar-refractivity contribution in [1.82, 2.24) is 10.2 Å². The number of benzene rings is 3. The van der Waals surface area contributed by atoms with E-state index in [4.69, 9.17) is 0 Å². The van der Waals surface area contributed by atoms with E-state index >= 15 is 0 Å². The SMILES string of the molecule is C[C@H](NC(=O)CN(C)[C@@H]1CCc2ccccc21)c1ccc2ccccc2c1. The van der Waals surface area contributed by atoms with Crippen LogP contribution in [-0.4, -0.2) is 24.4 Å². The van der Waals surface area contributed by atoms with Gasteiger partial charge in [0.15, 0.2) is 0 Å². The van der Waals surface area contributed by atoms with Gasteiger partial charge in [0, 0.05) is 6.04 Å². The van der Waals surface area contributed by atoms with Crippen LogP contribution in [0.2, 0.25) is 0 Å². The average Bonchev–Trinajstić information content (AvgIpc) is 3.11. The Hall–Kier alpha value is -2.65. The van der Waals surface area contributed by atoms with Crippen LogP contribution in [0.4, 0.5) is 0 Å². The Morgan fingerprint density at radius 2 is 1.81 bits per heavy atom. The van der Waals surface area contributed by atoms with Crippen molar-refractivity contribution >= 4 is 16.7 Å². The topological polar surface area (TPSA) is 32.3 Å². The van der Waals surface area contributed by atoms with E-state index in [1.165, 1.54) is 21.9 Å². The highest BCUT2D eigenvalue weighted by Crippen LogP contribution is 2.34. The average molecular weight is 358 g/mol. The molecule has 3 nitrogen and oxygen atoms in total. The molecule has 1 aliphatic carbocycles. The van der Waals surface area contributed by atoms with E-state index in [0.29, 0.717) is 12.6 Å². The minimum Gasteiger partial charge on any atom is -0.348 e. The summed E-state index contributed by atoms with van der Waals surface area (Å²) in [5.41, 5.74) is 3.92. The van der Waals surface area contributed by atoms with Gasteiger partial charge in [0.2, 0.25) is 5.91 Å². The number of rotatable bonds is 5. The van der Waals surface area contributed by atoms with Gasteiger partial charge in [0.1, 0.15) is 0 Å². The fraction of sp³-hybridized carbons (Fsp3) is 0.292. The van der Waals surface area contributed by atoms with Gasteiger partial charge < -0.3 is 5.32 Å². The molecular formula is C24H26N2O. The van der Waals surface area contributed by atoms with E-state index < -0.39 is 0 Å². The lowest BCUT2D eigenvalue weighted by molar-refractivity contribution is -0.123. The third-order valence-corrected chi connectivity index (χ3v) is 5.68. The fourth-order valence-electron chi connectivity index (χ4n) is 4.18. The predicted octanol–water partition coefficient (Wildman–Crippen LogP) is 4.64. The molecule has 0 bridgehead atoms. The summed E-state index contributed by atoms with van der Waals surface area (Å²) in [6.07, 6.45) is 2.18. The highest BCUT2D eigenvalue weighted by Gasteiger charge is 2.26. The second-order valence-corrected chi connectivity index (χ2v) is 7.56. The Kier molecular flexibility index (Phi) is 4.95. The van der Waals surface area contributed by atoms with Crippen molar-refractivity contribution in [2.24, 2.45) is 0 Å². The van der Waals surface area contributed by atoms with Gasteiger partial charge in [-0.15, -0.1) is 0 Å². The Morgan fingerprint density at radius 3 is 2.67 bits per heavy atom. The fourth-order valence-corrected chi connectivity index (χ4v) is 4.18. The summed E-state index contributed by atoms with van der Waals surface area (Å²) in [4.78, 5) is 14.8. The number of carbonyl (C=O) groups is 1. The number of hydrogen-bond acceptors (Lipinski definition) is 2. The molecule has 1 aliphatic rings. The van der Waals surface area contributed by atoms with Gasteiger partial charge in [-0.25, -0.2) is 0 Å². The van der Waals surface area contributed by atoms with Crippen LogP contribution in [0.1, 0.15) is 42.1 Å². The Morgan fingerprint density at radius 1 is 1.07 bits per heavy atom. The molecule has 3 aromatic carbocycles. The summed E-state index contributed by atoms with van der Waals surface area (Å²) >= 11 is 0. The molecule has 0 aromatic heterocycles. The van der Waals surface area contributed by atoms with Crippen molar-refractivity contribution in [2.45, 2.75) is 31.8 Å². The molecule has 0 heterocycles. The second kappa shape index (κ2) is 7.53. The van der Waals surface area contributed by atoms with Gasteiger partial charge in [0.05, 0.1) is 12.6 Å². The molecule has 1 N–H and O–H groups in total. The van der Waals surface area contributed by atoms with Crippen LogP contribution in [0.15, 0.2) is 66.7 Å². The molecule has 3 heteroatoms. The van der Waals surface area contributed by atoms with E-state index in [1.807, 2.05) is 26.1 Å². The number of amides is 1. The maximum atomic E-state index is 12.6. The molecule has 0 spiro atoms. The van der Waals surface area contributed by atoms with Gasteiger partial charge in [-0.1, -0.05) is 60.7 Å². The normalized spacial score (nSPS) is 17.1. The molecular weight excluding hydrogens is 332 g/mol. The molecule has 1 amide bonds. The van der Waals surface area contributed by atoms with Crippen LogP contribution in [-0.2, 0) is 11.2 Å². The summed E-state index contributed by atoms with van der Waals surface area (Å²) in [5.74, 6) is 0.0718. The summed E-state index contributed by atoms with van der Waals surface area (Å²) in [6.45, 7) is 2.46. The molecule has 138 valence electrons. The number of fused-ring (bicyclic) bond motifs is 2. The van der Waals surface area contributed by atoms with Gasteiger partial charge in [-0.05, 0) is 60.3 Å². The number of nitrogens with one attached hydrogen (secondary N) is 1. The first kappa shape index (κ1) is 17.7. The number of aryl methyl sites for hydroxylation is 1. The molecule has 0 aliphatic heterocycles. The highest BCUT2D eigenvalue weighted by atomic mass is 16.2. The Labute approximate surface area is 161 Å². The van der Waals surface area contributed by atoms with Crippen LogP contribution in [0.3, 0.4) is 0 Å². The van der Waals surface area contributed by atoms with Crippen LogP contribution < -0.4 is 5.32 Å². The van der Waals surface area contributed by atoms with Gasteiger partial charge in [0.25, 0.3) is 0 Å². The largest absolute Gasteiger partial charge is 0.348 e. The maximum Gasteiger partial charge on any atom is 0.234 e. The van der Waals surface area contributed by atoms with Crippen LogP contribution in [0.25, 0.3) is 10.8 Å². The Balaban J connectivity index is 1.40. The predicted molar refractivity (Wildman–Crippen MR) is 111 cm³/mol. The van der Waals surface area contributed by atoms with Gasteiger partial charge >= 0.3 is 0 Å². The minimum absolute atomic E-state index is 0.00799. The lowest BCUT2D eigenvalue weighted by Gasteiger charge is -2.25. The molecule has 27 heavy (non-hydrogen) atoms. The summed E-state index contributed by atoms with van der Waals surface area (Å²) in [7, 11) is 2.05. The second-order valence-electron chi connectivity index (χ2n) is 7.56. The smallest absolute Gasteiger partial charge is 0.234 e.